The van der Waals surface area contributed by atoms with Crippen molar-refractivity contribution in [3.8, 4) is 0 Å². The lowest BCUT2D eigenvalue weighted by Crippen LogP contribution is -2.40. The zero-order chi connectivity index (χ0) is 12.6. The Morgan fingerprint density at radius 2 is 1.94 bits per heavy atom. The molecule has 0 amide bonds. The average Bonchev–Trinajstić information content (AvgIpc) is 3.03. The molecule has 100 valence electrons. The minimum Gasteiger partial charge on any atom is -0.306 e. The van der Waals surface area contributed by atoms with E-state index < -0.39 is 9.84 Å². The zero-order valence-electron chi connectivity index (χ0n) is 10.3. The van der Waals surface area contributed by atoms with Gasteiger partial charge < -0.3 is 5.32 Å². The van der Waals surface area contributed by atoms with Gasteiger partial charge in [0.25, 0.3) is 0 Å². The Morgan fingerprint density at radius 3 is 2.50 bits per heavy atom. The van der Waals surface area contributed by atoms with Crippen molar-refractivity contribution >= 4 is 21.2 Å². The highest BCUT2D eigenvalue weighted by molar-refractivity contribution is 7.91. The molecule has 1 saturated carbocycles. The van der Waals surface area contributed by atoms with Crippen molar-refractivity contribution in [2.45, 2.75) is 37.8 Å². The molecule has 0 aromatic carbocycles. The number of hydrogen-bond donors (Lipinski definition) is 1. The molecule has 1 saturated heterocycles. The van der Waals surface area contributed by atoms with Gasteiger partial charge >= 0.3 is 0 Å². The second kappa shape index (κ2) is 4.94. The van der Waals surface area contributed by atoms with Crippen LogP contribution in [-0.2, 0) is 9.84 Å². The summed E-state index contributed by atoms with van der Waals surface area (Å²) in [6, 6.07) is 5.12. The second-order valence-corrected chi connectivity index (χ2v) is 8.71. The second-order valence-electron chi connectivity index (χ2n) is 5.42. The van der Waals surface area contributed by atoms with E-state index in [2.05, 4.69) is 22.8 Å². The number of rotatable bonds is 4. The Labute approximate surface area is 113 Å². The Balaban J connectivity index is 1.64. The highest BCUT2D eigenvalue weighted by Gasteiger charge is 2.35. The van der Waals surface area contributed by atoms with Crippen molar-refractivity contribution in [1.29, 1.82) is 0 Å². The van der Waals surface area contributed by atoms with Crippen molar-refractivity contribution in [3.05, 3.63) is 22.4 Å². The number of thiophene rings is 1. The van der Waals surface area contributed by atoms with Gasteiger partial charge in [0.05, 0.1) is 11.5 Å². The summed E-state index contributed by atoms with van der Waals surface area (Å²) in [5.74, 6) is 1.47. The molecule has 1 unspecified atom stereocenters. The highest BCUT2D eigenvalue weighted by atomic mass is 32.2. The minimum absolute atomic E-state index is 0.354. The monoisotopic (exact) mass is 285 g/mol. The molecule has 2 fully saturated rings. The quantitative estimate of drug-likeness (QED) is 0.924. The van der Waals surface area contributed by atoms with E-state index in [1.807, 2.05) is 0 Å². The maximum absolute atomic E-state index is 11.4. The van der Waals surface area contributed by atoms with Gasteiger partial charge in [-0.3, -0.25) is 0 Å². The Morgan fingerprint density at radius 1 is 1.22 bits per heavy atom. The fourth-order valence-electron chi connectivity index (χ4n) is 2.66. The molecule has 0 bridgehead atoms. The molecule has 1 aliphatic heterocycles. The molecular formula is C13H19NO2S2. The summed E-state index contributed by atoms with van der Waals surface area (Å²) in [6.07, 6.45) is 4.16. The molecule has 3 rings (SSSR count). The molecule has 2 heterocycles. The van der Waals surface area contributed by atoms with Gasteiger partial charge in [-0.1, -0.05) is 6.07 Å². The Kier molecular flexibility index (Phi) is 3.47. The molecular weight excluding hydrogens is 266 g/mol. The molecule has 1 aliphatic carbocycles. The van der Waals surface area contributed by atoms with E-state index in [0.29, 0.717) is 23.6 Å². The van der Waals surface area contributed by atoms with Crippen LogP contribution in [0.4, 0.5) is 0 Å². The first-order valence-corrected chi connectivity index (χ1v) is 9.34. The van der Waals surface area contributed by atoms with Gasteiger partial charge in [-0.05, 0) is 43.0 Å². The van der Waals surface area contributed by atoms with Crippen LogP contribution in [0, 0.1) is 5.92 Å². The van der Waals surface area contributed by atoms with Crippen LogP contribution in [0.25, 0.3) is 0 Å². The van der Waals surface area contributed by atoms with Crippen molar-refractivity contribution in [2.24, 2.45) is 5.92 Å². The lowest BCUT2D eigenvalue weighted by atomic mass is 10.1. The van der Waals surface area contributed by atoms with Crippen LogP contribution < -0.4 is 5.32 Å². The summed E-state index contributed by atoms with van der Waals surface area (Å²) in [5, 5.41) is 5.83. The summed E-state index contributed by atoms with van der Waals surface area (Å²) in [6.45, 7) is 0. The van der Waals surface area contributed by atoms with E-state index >= 15 is 0 Å². The molecule has 1 aromatic heterocycles. The van der Waals surface area contributed by atoms with Crippen LogP contribution in [0.2, 0.25) is 0 Å². The Bertz CT molecular complexity index is 477. The SMILES string of the molecule is O=S1(=O)CCC(NC(c2cccs2)C2CC2)CC1. The maximum atomic E-state index is 11.4. The first-order valence-electron chi connectivity index (χ1n) is 6.64. The van der Waals surface area contributed by atoms with Crippen LogP contribution in [0.1, 0.15) is 36.6 Å². The lowest BCUT2D eigenvalue weighted by molar-refractivity contribution is 0.382. The topological polar surface area (TPSA) is 46.2 Å². The fraction of sp³-hybridized carbons (Fsp3) is 0.692. The van der Waals surface area contributed by atoms with E-state index in [4.69, 9.17) is 0 Å². The number of hydrogen-bond acceptors (Lipinski definition) is 4. The largest absolute Gasteiger partial charge is 0.306 e. The maximum Gasteiger partial charge on any atom is 0.150 e. The predicted molar refractivity (Wildman–Crippen MR) is 74.6 cm³/mol. The van der Waals surface area contributed by atoms with Gasteiger partial charge in [0.2, 0.25) is 0 Å². The molecule has 0 spiro atoms. The van der Waals surface area contributed by atoms with Crippen LogP contribution in [0.5, 0.6) is 0 Å². The third-order valence-electron chi connectivity index (χ3n) is 3.91. The van der Waals surface area contributed by atoms with E-state index in [0.717, 1.165) is 18.8 Å². The first-order chi connectivity index (χ1) is 8.64. The smallest absolute Gasteiger partial charge is 0.150 e. The van der Waals surface area contributed by atoms with Crippen molar-refractivity contribution in [3.63, 3.8) is 0 Å². The Hall–Kier alpha value is -0.390. The van der Waals surface area contributed by atoms with Crippen LogP contribution in [0.3, 0.4) is 0 Å². The normalized spacial score (nSPS) is 26.0. The van der Waals surface area contributed by atoms with E-state index in [1.54, 1.807) is 11.3 Å². The van der Waals surface area contributed by atoms with E-state index in [-0.39, 0.29) is 0 Å². The zero-order valence-corrected chi connectivity index (χ0v) is 12.0. The predicted octanol–water partition coefficient (Wildman–Crippen LogP) is 2.37. The molecule has 1 aromatic rings. The third-order valence-corrected chi connectivity index (χ3v) is 6.58. The van der Waals surface area contributed by atoms with Gasteiger partial charge in [0, 0.05) is 17.0 Å². The summed E-state index contributed by atoms with van der Waals surface area (Å²) < 4.78 is 22.9. The molecule has 5 heteroatoms. The van der Waals surface area contributed by atoms with Gasteiger partial charge in [0.15, 0.2) is 0 Å². The minimum atomic E-state index is -2.75. The van der Waals surface area contributed by atoms with Crippen molar-refractivity contribution < 1.29 is 8.42 Å². The molecule has 18 heavy (non-hydrogen) atoms. The summed E-state index contributed by atoms with van der Waals surface area (Å²) in [4.78, 5) is 1.41. The summed E-state index contributed by atoms with van der Waals surface area (Å²) >= 11 is 1.81. The van der Waals surface area contributed by atoms with Crippen LogP contribution in [-0.4, -0.2) is 26.0 Å². The highest BCUT2D eigenvalue weighted by Crippen LogP contribution is 2.42. The van der Waals surface area contributed by atoms with Crippen LogP contribution >= 0.6 is 11.3 Å². The lowest BCUT2D eigenvalue weighted by Gasteiger charge is -2.28. The summed E-state index contributed by atoms with van der Waals surface area (Å²) in [5.41, 5.74) is 0. The van der Waals surface area contributed by atoms with E-state index in [1.165, 1.54) is 17.7 Å². The molecule has 3 nitrogen and oxygen atoms in total. The number of sulfone groups is 1. The van der Waals surface area contributed by atoms with Gasteiger partial charge in [-0.25, -0.2) is 8.42 Å². The molecule has 0 radical (unpaired) electrons. The van der Waals surface area contributed by atoms with Crippen molar-refractivity contribution in [2.75, 3.05) is 11.5 Å². The molecule has 2 aliphatic rings. The summed E-state index contributed by atoms with van der Waals surface area (Å²) in [7, 11) is -2.75. The van der Waals surface area contributed by atoms with E-state index in [9.17, 15) is 8.42 Å². The van der Waals surface area contributed by atoms with Crippen LogP contribution in [0.15, 0.2) is 17.5 Å². The van der Waals surface area contributed by atoms with Gasteiger partial charge in [-0.15, -0.1) is 11.3 Å². The van der Waals surface area contributed by atoms with Crippen molar-refractivity contribution in [1.82, 2.24) is 5.32 Å². The standard InChI is InChI=1S/C13H19NO2S2/c15-18(16)8-5-11(6-9-18)14-13(10-3-4-10)12-2-1-7-17-12/h1-2,7,10-11,13-14H,3-6,8-9H2. The molecule has 1 N–H and O–H groups in total. The average molecular weight is 285 g/mol. The van der Waals surface area contributed by atoms with Gasteiger partial charge in [0.1, 0.15) is 9.84 Å². The van der Waals surface area contributed by atoms with Gasteiger partial charge in [-0.2, -0.15) is 0 Å². The molecule has 1 atom stereocenters. The fourth-order valence-corrected chi connectivity index (χ4v) is 5.03. The first kappa shape index (κ1) is 12.6. The third kappa shape index (κ3) is 2.95. The number of nitrogens with one attached hydrogen (secondary N) is 1.